The van der Waals surface area contributed by atoms with Crippen LogP contribution >= 0.6 is 0 Å². The third-order valence-electron chi connectivity index (χ3n) is 4.49. The van der Waals surface area contributed by atoms with E-state index >= 15 is 0 Å². The van der Waals surface area contributed by atoms with Gasteiger partial charge in [-0.25, -0.2) is 8.42 Å². The molecule has 102 valence electrons. The molecule has 1 saturated carbocycles. The van der Waals surface area contributed by atoms with Gasteiger partial charge in [0, 0.05) is 12.3 Å². The highest BCUT2D eigenvalue weighted by Gasteiger charge is 2.33. The van der Waals surface area contributed by atoms with Gasteiger partial charge in [0.15, 0.2) is 9.84 Å². The van der Waals surface area contributed by atoms with Gasteiger partial charge in [-0.15, -0.1) is 0 Å². The Morgan fingerprint density at radius 3 is 2.12 bits per heavy atom. The Balaban J connectivity index is 2.64. The third-order valence-corrected chi connectivity index (χ3v) is 6.13. The summed E-state index contributed by atoms with van der Waals surface area (Å²) in [5, 5.41) is 2.95. The SMILES string of the molecule is CCC1CCC(C(NC)C(C)S(C)(=O)=O)CC1. The van der Waals surface area contributed by atoms with E-state index in [1.807, 2.05) is 14.0 Å². The second-order valence-corrected chi connectivity index (χ2v) is 7.94. The Bertz CT molecular complexity index is 318. The van der Waals surface area contributed by atoms with Crippen LogP contribution in [0.15, 0.2) is 0 Å². The molecule has 2 atom stereocenters. The standard InChI is InChI=1S/C13H27NO2S/c1-5-11-6-8-12(9-7-11)13(14-3)10(2)17(4,15)16/h10-14H,5-9H2,1-4H3. The highest BCUT2D eigenvalue weighted by molar-refractivity contribution is 7.91. The molecule has 0 aromatic heterocycles. The van der Waals surface area contributed by atoms with E-state index in [1.165, 1.54) is 38.4 Å². The van der Waals surface area contributed by atoms with E-state index in [9.17, 15) is 8.42 Å². The highest BCUT2D eigenvalue weighted by atomic mass is 32.2. The molecule has 3 nitrogen and oxygen atoms in total. The molecule has 2 unspecified atom stereocenters. The van der Waals surface area contributed by atoms with Crippen molar-refractivity contribution in [3.8, 4) is 0 Å². The van der Waals surface area contributed by atoms with E-state index in [0.717, 1.165) is 5.92 Å². The van der Waals surface area contributed by atoms with Crippen molar-refractivity contribution in [2.75, 3.05) is 13.3 Å². The molecule has 1 aliphatic rings. The van der Waals surface area contributed by atoms with Crippen molar-refractivity contribution in [2.45, 2.75) is 57.2 Å². The fourth-order valence-corrected chi connectivity index (χ4v) is 3.97. The molecule has 1 rings (SSSR count). The first-order chi connectivity index (χ1) is 7.90. The number of rotatable bonds is 5. The molecule has 0 aromatic carbocycles. The lowest BCUT2D eigenvalue weighted by Gasteiger charge is -2.36. The zero-order valence-corrected chi connectivity index (χ0v) is 12.4. The van der Waals surface area contributed by atoms with Crippen molar-refractivity contribution in [2.24, 2.45) is 11.8 Å². The van der Waals surface area contributed by atoms with E-state index in [2.05, 4.69) is 12.2 Å². The van der Waals surface area contributed by atoms with Crippen molar-refractivity contribution in [1.29, 1.82) is 0 Å². The van der Waals surface area contributed by atoms with E-state index in [-0.39, 0.29) is 11.3 Å². The maximum Gasteiger partial charge on any atom is 0.151 e. The molecule has 0 heterocycles. The van der Waals surface area contributed by atoms with E-state index < -0.39 is 9.84 Å². The molecule has 17 heavy (non-hydrogen) atoms. The van der Waals surface area contributed by atoms with E-state index in [4.69, 9.17) is 0 Å². The average molecular weight is 261 g/mol. The van der Waals surface area contributed by atoms with Crippen LogP contribution < -0.4 is 5.32 Å². The van der Waals surface area contributed by atoms with Gasteiger partial charge in [-0.3, -0.25) is 0 Å². The van der Waals surface area contributed by atoms with Crippen LogP contribution in [0, 0.1) is 11.8 Å². The van der Waals surface area contributed by atoms with Crippen LogP contribution in [0.1, 0.15) is 46.0 Å². The van der Waals surface area contributed by atoms with Crippen LogP contribution in [-0.4, -0.2) is 33.0 Å². The summed E-state index contributed by atoms with van der Waals surface area (Å²) < 4.78 is 23.3. The third kappa shape index (κ3) is 3.95. The summed E-state index contributed by atoms with van der Waals surface area (Å²) in [6.07, 6.45) is 7.47. The minimum atomic E-state index is -2.95. The first kappa shape index (κ1) is 15.0. The first-order valence-corrected chi connectivity index (χ1v) is 8.71. The minimum Gasteiger partial charge on any atom is -0.315 e. The fourth-order valence-electron chi connectivity index (χ4n) is 3.08. The van der Waals surface area contributed by atoms with Gasteiger partial charge in [0.1, 0.15) is 0 Å². The number of sulfone groups is 1. The Kier molecular flexibility index (Phi) is 5.45. The van der Waals surface area contributed by atoms with Crippen LogP contribution in [0.5, 0.6) is 0 Å². The normalized spacial score (nSPS) is 29.9. The molecule has 0 aromatic rings. The van der Waals surface area contributed by atoms with E-state index in [0.29, 0.717) is 5.92 Å². The first-order valence-electron chi connectivity index (χ1n) is 6.76. The fraction of sp³-hybridized carbons (Fsp3) is 1.00. The summed E-state index contributed by atoms with van der Waals surface area (Å²) in [6.45, 7) is 4.09. The number of nitrogens with one attached hydrogen (secondary N) is 1. The molecule has 1 aliphatic carbocycles. The average Bonchev–Trinajstić information content (AvgIpc) is 2.29. The molecule has 1 fully saturated rings. The maximum absolute atomic E-state index is 11.7. The molecular weight excluding hydrogens is 234 g/mol. The Morgan fingerprint density at radius 1 is 1.24 bits per heavy atom. The van der Waals surface area contributed by atoms with Crippen LogP contribution in [-0.2, 0) is 9.84 Å². The monoisotopic (exact) mass is 261 g/mol. The Labute approximate surface area is 106 Å². The summed E-state index contributed by atoms with van der Waals surface area (Å²) in [5.74, 6) is 1.38. The molecule has 0 amide bonds. The van der Waals surface area contributed by atoms with Crippen LogP contribution in [0.3, 0.4) is 0 Å². The quantitative estimate of drug-likeness (QED) is 0.825. The second kappa shape index (κ2) is 6.19. The van der Waals surface area contributed by atoms with Gasteiger partial charge >= 0.3 is 0 Å². The predicted octanol–water partition coefficient (Wildman–Crippen LogP) is 2.22. The number of hydrogen-bond acceptors (Lipinski definition) is 3. The van der Waals surface area contributed by atoms with Gasteiger partial charge < -0.3 is 5.32 Å². The minimum absolute atomic E-state index is 0.114. The van der Waals surface area contributed by atoms with Crippen LogP contribution in [0.25, 0.3) is 0 Å². The molecule has 0 spiro atoms. The Morgan fingerprint density at radius 2 is 1.76 bits per heavy atom. The maximum atomic E-state index is 11.7. The molecule has 0 aliphatic heterocycles. The smallest absolute Gasteiger partial charge is 0.151 e. The van der Waals surface area contributed by atoms with Crippen molar-refractivity contribution in [3.63, 3.8) is 0 Å². The highest BCUT2D eigenvalue weighted by Crippen LogP contribution is 2.34. The zero-order chi connectivity index (χ0) is 13.1. The van der Waals surface area contributed by atoms with Gasteiger partial charge in [0.25, 0.3) is 0 Å². The lowest BCUT2D eigenvalue weighted by molar-refractivity contribution is 0.220. The summed E-state index contributed by atoms with van der Waals surface area (Å²) in [4.78, 5) is 0. The zero-order valence-electron chi connectivity index (χ0n) is 11.6. The summed E-state index contributed by atoms with van der Waals surface area (Å²) in [7, 11) is -1.06. The largest absolute Gasteiger partial charge is 0.315 e. The van der Waals surface area contributed by atoms with Crippen molar-refractivity contribution in [1.82, 2.24) is 5.32 Å². The predicted molar refractivity (Wildman–Crippen MR) is 72.9 cm³/mol. The van der Waals surface area contributed by atoms with Crippen molar-refractivity contribution < 1.29 is 8.42 Å². The lowest BCUT2D eigenvalue weighted by Crippen LogP contribution is -2.46. The Hall–Kier alpha value is -0.0900. The van der Waals surface area contributed by atoms with Gasteiger partial charge in [-0.2, -0.15) is 0 Å². The van der Waals surface area contributed by atoms with Crippen molar-refractivity contribution >= 4 is 9.84 Å². The molecular formula is C13H27NO2S. The van der Waals surface area contributed by atoms with Gasteiger partial charge in [-0.1, -0.05) is 26.2 Å². The number of hydrogen-bond donors (Lipinski definition) is 1. The molecule has 0 bridgehead atoms. The molecule has 1 N–H and O–H groups in total. The topological polar surface area (TPSA) is 46.2 Å². The van der Waals surface area contributed by atoms with Gasteiger partial charge in [-0.05, 0) is 38.6 Å². The molecule has 0 saturated heterocycles. The summed E-state index contributed by atoms with van der Waals surface area (Å²) >= 11 is 0. The molecule has 0 radical (unpaired) electrons. The van der Waals surface area contributed by atoms with Crippen LogP contribution in [0.4, 0.5) is 0 Å². The van der Waals surface area contributed by atoms with E-state index in [1.54, 1.807) is 0 Å². The van der Waals surface area contributed by atoms with Crippen LogP contribution in [0.2, 0.25) is 0 Å². The summed E-state index contributed by atoms with van der Waals surface area (Å²) in [6, 6.07) is 0.114. The second-order valence-electron chi connectivity index (χ2n) is 5.54. The van der Waals surface area contributed by atoms with Gasteiger partial charge in [0.2, 0.25) is 0 Å². The van der Waals surface area contributed by atoms with Crippen molar-refractivity contribution in [3.05, 3.63) is 0 Å². The summed E-state index contributed by atoms with van der Waals surface area (Å²) in [5.41, 5.74) is 0. The van der Waals surface area contributed by atoms with Gasteiger partial charge in [0.05, 0.1) is 5.25 Å². The molecule has 4 heteroatoms. The lowest BCUT2D eigenvalue weighted by atomic mass is 9.77.